The molecule has 0 N–H and O–H groups in total. The Balaban J connectivity index is 2.22. The average Bonchev–Trinajstić information content (AvgIpc) is 2.71. The van der Waals surface area contributed by atoms with Crippen LogP contribution in [-0.4, -0.2) is 14.5 Å². The van der Waals surface area contributed by atoms with Crippen LogP contribution in [0.3, 0.4) is 0 Å². The second kappa shape index (κ2) is 3.91. The van der Waals surface area contributed by atoms with Gasteiger partial charge in [-0.05, 0) is 5.56 Å². The van der Waals surface area contributed by atoms with Crippen molar-refractivity contribution in [1.29, 1.82) is 0 Å². The highest BCUT2D eigenvalue weighted by Crippen LogP contribution is 2.13. The van der Waals surface area contributed by atoms with Crippen LogP contribution in [0.25, 0.3) is 0 Å². The van der Waals surface area contributed by atoms with Crippen LogP contribution >= 0.6 is 0 Å². The van der Waals surface area contributed by atoms with E-state index in [4.69, 9.17) is 0 Å². The summed E-state index contributed by atoms with van der Waals surface area (Å²) < 4.78 is 1.86. The van der Waals surface area contributed by atoms with Crippen molar-refractivity contribution >= 4 is 5.69 Å². The van der Waals surface area contributed by atoms with Crippen molar-refractivity contribution in [3.8, 4) is 0 Å². The zero-order valence-electron chi connectivity index (χ0n) is 7.91. The second-order valence-corrected chi connectivity index (χ2v) is 3.16. The Labute approximate surface area is 86.1 Å². The number of hydrogen-bond acceptors (Lipinski definition) is 3. The van der Waals surface area contributed by atoms with Gasteiger partial charge in [0.15, 0.2) is 0 Å². The lowest BCUT2D eigenvalue weighted by Gasteiger charge is -2.01. The van der Waals surface area contributed by atoms with Gasteiger partial charge in [-0.15, -0.1) is 0 Å². The standard InChI is InChI=1S/C10H9N3O2/c14-13(15)10-3-1-2-9(6-10)7-12-5-4-11-8-12/h1-6,8H,7H2. The van der Waals surface area contributed by atoms with E-state index in [1.54, 1.807) is 24.7 Å². The number of rotatable bonds is 3. The maximum atomic E-state index is 10.5. The number of aromatic nitrogens is 2. The second-order valence-electron chi connectivity index (χ2n) is 3.16. The molecular weight excluding hydrogens is 194 g/mol. The van der Waals surface area contributed by atoms with Crippen LogP contribution < -0.4 is 0 Å². The van der Waals surface area contributed by atoms with Crippen LogP contribution in [0.4, 0.5) is 5.69 Å². The van der Waals surface area contributed by atoms with Crippen molar-refractivity contribution in [3.05, 3.63) is 58.7 Å². The predicted molar refractivity (Wildman–Crippen MR) is 54.4 cm³/mol. The summed E-state index contributed by atoms with van der Waals surface area (Å²) in [5, 5.41) is 10.5. The van der Waals surface area contributed by atoms with Crippen molar-refractivity contribution in [3.63, 3.8) is 0 Å². The van der Waals surface area contributed by atoms with Gasteiger partial charge in [-0.3, -0.25) is 10.1 Å². The van der Waals surface area contributed by atoms with Crippen molar-refractivity contribution in [1.82, 2.24) is 9.55 Å². The monoisotopic (exact) mass is 203 g/mol. The SMILES string of the molecule is O=[N+]([O-])c1cccc(Cn2ccnc2)c1. The first kappa shape index (κ1) is 9.39. The highest BCUT2D eigenvalue weighted by Gasteiger charge is 2.05. The number of nitro groups is 1. The third kappa shape index (κ3) is 2.19. The minimum absolute atomic E-state index is 0.118. The topological polar surface area (TPSA) is 61.0 Å². The van der Waals surface area contributed by atoms with E-state index in [-0.39, 0.29) is 5.69 Å². The fourth-order valence-electron chi connectivity index (χ4n) is 1.36. The van der Waals surface area contributed by atoms with Gasteiger partial charge in [-0.25, -0.2) is 4.98 Å². The zero-order valence-corrected chi connectivity index (χ0v) is 7.91. The summed E-state index contributed by atoms with van der Waals surface area (Å²) in [6.07, 6.45) is 5.18. The summed E-state index contributed by atoms with van der Waals surface area (Å²) in [4.78, 5) is 14.1. The number of imidazole rings is 1. The molecule has 0 bridgehead atoms. The van der Waals surface area contributed by atoms with Crippen molar-refractivity contribution < 1.29 is 4.92 Å². The Hall–Kier alpha value is -2.17. The predicted octanol–water partition coefficient (Wildman–Crippen LogP) is 1.84. The molecule has 76 valence electrons. The lowest BCUT2D eigenvalue weighted by atomic mass is 10.2. The normalized spacial score (nSPS) is 10.1. The van der Waals surface area contributed by atoms with E-state index in [0.29, 0.717) is 6.54 Å². The molecular formula is C10H9N3O2. The molecule has 0 radical (unpaired) electrons. The minimum atomic E-state index is -0.391. The van der Waals surface area contributed by atoms with Crippen LogP contribution in [0.1, 0.15) is 5.56 Å². The lowest BCUT2D eigenvalue weighted by Crippen LogP contribution is -1.97. The first-order valence-corrected chi connectivity index (χ1v) is 4.45. The van der Waals surface area contributed by atoms with E-state index in [1.807, 2.05) is 16.8 Å². The van der Waals surface area contributed by atoms with Gasteiger partial charge >= 0.3 is 0 Å². The molecule has 0 spiro atoms. The van der Waals surface area contributed by atoms with Crippen molar-refractivity contribution in [2.45, 2.75) is 6.54 Å². The Bertz CT molecular complexity index is 465. The van der Waals surface area contributed by atoms with E-state index >= 15 is 0 Å². The summed E-state index contributed by atoms with van der Waals surface area (Å²) in [6.45, 7) is 0.599. The van der Waals surface area contributed by atoms with E-state index in [1.165, 1.54) is 6.07 Å². The fourth-order valence-corrected chi connectivity index (χ4v) is 1.36. The van der Waals surface area contributed by atoms with Gasteiger partial charge in [0.1, 0.15) is 0 Å². The van der Waals surface area contributed by atoms with Gasteiger partial charge in [0.05, 0.1) is 11.3 Å². The van der Waals surface area contributed by atoms with Crippen LogP contribution in [0.5, 0.6) is 0 Å². The summed E-state index contributed by atoms with van der Waals surface area (Å²) in [5.74, 6) is 0. The third-order valence-corrected chi connectivity index (χ3v) is 2.05. The van der Waals surface area contributed by atoms with E-state index in [2.05, 4.69) is 4.98 Å². The summed E-state index contributed by atoms with van der Waals surface area (Å²) in [6, 6.07) is 6.59. The van der Waals surface area contributed by atoms with E-state index < -0.39 is 4.92 Å². The van der Waals surface area contributed by atoms with Crippen LogP contribution in [0, 0.1) is 10.1 Å². The summed E-state index contributed by atoms with van der Waals surface area (Å²) >= 11 is 0. The van der Waals surface area contributed by atoms with Gasteiger partial charge in [0.25, 0.3) is 5.69 Å². The average molecular weight is 203 g/mol. The number of non-ortho nitro benzene ring substituents is 1. The zero-order chi connectivity index (χ0) is 10.7. The van der Waals surface area contributed by atoms with Gasteiger partial charge in [0.2, 0.25) is 0 Å². The van der Waals surface area contributed by atoms with Crippen LogP contribution in [0.15, 0.2) is 43.0 Å². The molecule has 0 fully saturated rings. The van der Waals surface area contributed by atoms with Crippen LogP contribution in [0.2, 0.25) is 0 Å². The molecule has 0 saturated carbocycles. The molecule has 1 heterocycles. The highest BCUT2D eigenvalue weighted by atomic mass is 16.6. The number of nitro benzene ring substituents is 1. The lowest BCUT2D eigenvalue weighted by molar-refractivity contribution is -0.384. The first-order chi connectivity index (χ1) is 7.25. The number of benzene rings is 1. The maximum absolute atomic E-state index is 10.5. The molecule has 2 rings (SSSR count). The molecule has 5 heteroatoms. The van der Waals surface area contributed by atoms with Crippen molar-refractivity contribution in [2.75, 3.05) is 0 Å². The van der Waals surface area contributed by atoms with E-state index in [9.17, 15) is 10.1 Å². The molecule has 0 aliphatic carbocycles. The van der Waals surface area contributed by atoms with E-state index in [0.717, 1.165) is 5.56 Å². The maximum Gasteiger partial charge on any atom is 0.269 e. The smallest absolute Gasteiger partial charge is 0.269 e. The Kier molecular flexibility index (Phi) is 2.45. The third-order valence-electron chi connectivity index (χ3n) is 2.05. The van der Waals surface area contributed by atoms with Crippen molar-refractivity contribution in [2.24, 2.45) is 0 Å². The minimum Gasteiger partial charge on any atom is -0.333 e. The summed E-state index contributed by atoms with van der Waals surface area (Å²) in [5.41, 5.74) is 1.01. The first-order valence-electron chi connectivity index (χ1n) is 4.45. The highest BCUT2D eigenvalue weighted by molar-refractivity contribution is 5.34. The van der Waals surface area contributed by atoms with Gasteiger partial charge in [0, 0.05) is 31.1 Å². The Morgan fingerprint density at radius 1 is 1.47 bits per heavy atom. The molecule has 0 aliphatic rings. The van der Waals surface area contributed by atoms with Crippen LogP contribution in [-0.2, 0) is 6.54 Å². The molecule has 1 aromatic heterocycles. The van der Waals surface area contributed by atoms with Gasteiger partial charge in [-0.1, -0.05) is 12.1 Å². The summed E-state index contributed by atoms with van der Waals surface area (Å²) in [7, 11) is 0. The molecule has 5 nitrogen and oxygen atoms in total. The Morgan fingerprint density at radius 2 is 2.33 bits per heavy atom. The molecule has 2 aromatic rings. The molecule has 0 unspecified atom stereocenters. The van der Waals surface area contributed by atoms with Gasteiger partial charge in [-0.2, -0.15) is 0 Å². The molecule has 0 atom stereocenters. The molecule has 0 amide bonds. The molecule has 0 aliphatic heterocycles. The number of nitrogens with zero attached hydrogens (tertiary/aromatic N) is 3. The largest absolute Gasteiger partial charge is 0.333 e. The van der Waals surface area contributed by atoms with Gasteiger partial charge < -0.3 is 4.57 Å². The molecule has 0 saturated heterocycles. The Morgan fingerprint density at radius 3 is 3.00 bits per heavy atom. The molecule has 15 heavy (non-hydrogen) atoms. The quantitative estimate of drug-likeness (QED) is 0.564. The molecule has 1 aromatic carbocycles. The number of hydrogen-bond donors (Lipinski definition) is 0. The fraction of sp³-hybridized carbons (Fsp3) is 0.100.